The van der Waals surface area contributed by atoms with Crippen LogP contribution in [0.25, 0.3) is 6.08 Å². The van der Waals surface area contributed by atoms with Gasteiger partial charge in [-0.1, -0.05) is 41.9 Å². The fourth-order valence-electron chi connectivity index (χ4n) is 2.49. The summed E-state index contributed by atoms with van der Waals surface area (Å²) in [5.74, 6) is -0.153. The third-order valence-corrected chi connectivity index (χ3v) is 4.14. The van der Waals surface area contributed by atoms with Gasteiger partial charge in [0.05, 0.1) is 0 Å². The van der Waals surface area contributed by atoms with Crippen LogP contribution in [0, 0.1) is 6.92 Å². The Bertz CT molecular complexity index is 937. The minimum atomic E-state index is -0.605. The predicted octanol–water partition coefficient (Wildman–Crippen LogP) is 3.64. The molecule has 0 bridgehead atoms. The number of guanidine groups is 1. The van der Waals surface area contributed by atoms with Crippen molar-refractivity contribution in [1.29, 1.82) is 0 Å². The second kappa shape index (κ2) is 7.41. The van der Waals surface area contributed by atoms with Gasteiger partial charge < -0.3 is 10.2 Å². The van der Waals surface area contributed by atoms with E-state index in [4.69, 9.17) is 11.6 Å². The summed E-state index contributed by atoms with van der Waals surface area (Å²) < 4.78 is 0. The Hall–Kier alpha value is -3.12. The number of rotatable bonds is 2. The molecule has 26 heavy (non-hydrogen) atoms. The molecule has 1 aliphatic rings. The summed E-state index contributed by atoms with van der Waals surface area (Å²) in [6, 6.07) is 13.9. The summed E-state index contributed by atoms with van der Waals surface area (Å²) in [6.07, 6.45) is 1.77. The standard InChI is InChI=1S/C19H17ClN4O2/c1-12-6-3-4-7-13(12)10-16-17(25)22-18(24(16)2)23-19(26)21-15-9-5-8-14(20)11-15/h3-11H,1-2H3,(H2,21,22,23,25,26). The van der Waals surface area contributed by atoms with Crippen LogP contribution < -0.4 is 10.6 Å². The van der Waals surface area contributed by atoms with E-state index in [1.807, 2.05) is 31.2 Å². The summed E-state index contributed by atoms with van der Waals surface area (Å²) in [4.78, 5) is 29.8. The van der Waals surface area contributed by atoms with E-state index < -0.39 is 6.03 Å². The third kappa shape index (κ3) is 3.92. The largest absolute Gasteiger partial charge is 0.348 e. The van der Waals surface area contributed by atoms with Crippen molar-refractivity contribution in [1.82, 2.24) is 10.2 Å². The summed E-state index contributed by atoms with van der Waals surface area (Å²) >= 11 is 5.89. The van der Waals surface area contributed by atoms with Crippen molar-refractivity contribution in [2.75, 3.05) is 12.4 Å². The first-order chi connectivity index (χ1) is 12.4. The molecule has 2 N–H and O–H groups in total. The highest BCUT2D eigenvalue weighted by Gasteiger charge is 2.29. The summed E-state index contributed by atoms with van der Waals surface area (Å²) in [7, 11) is 1.67. The van der Waals surface area contributed by atoms with Crippen LogP contribution in [0.3, 0.4) is 0 Å². The van der Waals surface area contributed by atoms with Gasteiger partial charge in [0.1, 0.15) is 5.70 Å². The average Bonchev–Trinajstić information content (AvgIpc) is 2.84. The molecule has 0 spiro atoms. The minimum absolute atomic E-state index is 0.161. The highest BCUT2D eigenvalue weighted by atomic mass is 35.5. The van der Waals surface area contributed by atoms with Crippen LogP contribution >= 0.6 is 11.6 Å². The number of benzene rings is 2. The summed E-state index contributed by atoms with van der Waals surface area (Å²) in [5, 5.41) is 5.72. The number of hydrogen-bond acceptors (Lipinski definition) is 2. The fourth-order valence-corrected chi connectivity index (χ4v) is 2.68. The van der Waals surface area contributed by atoms with Crippen LogP contribution in [0.4, 0.5) is 10.5 Å². The van der Waals surface area contributed by atoms with Crippen molar-refractivity contribution < 1.29 is 9.59 Å². The maximum Gasteiger partial charge on any atom is 0.348 e. The number of anilines is 1. The Balaban J connectivity index is 1.79. The Morgan fingerprint density at radius 1 is 1.23 bits per heavy atom. The lowest BCUT2D eigenvalue weighted by Gasteiger charge is -2.11. The number of carbonyl (C=O) groups is 2. The topological polar surface area (TPSA) is 73.8 Å². The Labute approximate surface area is 156 Å². The Morgan fingerprint density at radius 3 is 2.73 bits per heavy atom. The van der Waals surface area contributed by atoms with Gasteiger partial charge in [-0.05, 0) is 42.3 Å². The van der Waals surface area contributed by atoms with Crippen molar-refractivity contribution in [3.63, 3.8) is 0 Å². The molecule has 1 fully saturated rings. The fraction of sp³-hybridized carbons (Fsp3) is 0.105. The van der Waals surface area contributed by atoms with Gasteiger partial charge in [-0.3, -0.25) is 10.1 Å². The molecule has 0 radical (unpaired) electrons. The molecule has 6 nitrogen and oxygen atoms in total. The smallest absolute Gasteiger partial charge is 0.310 e. The molecule has 0 aromatic heterocycles. The van der Waals surface area contributed by atoms with Gasteiger partial charge in [-0.2, -0.15) is 4.99 Å². The van der Waals surface area contributed by atoms with E-state index in [9.17, 15) is 9.59 Å². The molecule has 2 aromatic rings. The first-order valence-corrected chi connectivity index (χ1v) is 8.29. The van der Waals surface area contributed by atoms with Crippen molar-refractivity contribution in [2.24, 2.45) is 4.99 Å². The molecule has 1 saturated heterocycles. The third-order valence-electron chi connectivity index (χ3n) is 3.90. The average molecular weight is 369 g/mol. The van der Waals surface area contributed by atoms with Crippen LogP contribution in [0.5, 0.6) is 0 Å². The molecule has 2 aromatic carbocycles. The molecule has 132 valence electrons. The van der Waals surface area contributed by atoms with Crippen molar-refractivity contribution in [2.45, 2.75) is 6.92 Å². The lowest BCUT2D eigenvalue weighted by molar-refractivity contribution is -0.115. The molecule has 0 unspecified atom stereocenters. The lowest BCUT2D eigenvalue weighted by Crippen LogP contribution is -2.29. The highest BCUT2D eigenvalue weighted by Crippen LogP contribution is 2.18. The van der Waals surface area contributed by atoms with Crippen molar-refractivity contribution in [3.05, 3.63) is 70.4 Å². The van der Waals surface area contributed by atoms with Gasteiger partial charge in [-0.15, -0.1) is 0 Å². The van der Waals surface area contributed by atoms with Crippen LogP contribution in [-0.2, 0) is 4.79 Å². The second-order valence-electron chi connectivity index (χ2n) is 5.78. The quantitative estimate of drug-likeness (QED) is 0.795. The van der Waals surface area contributed by atoms with E-state index in [1.165, 1.54) is 0 Å². The van der Waals surface area contributed by atoms with Gasteiger partial charge in [-0.25, -0.2) is 4.79 Å². The molecular formula is C19H17ClN4O2. The van der Waals surface area contributed by atoms with E-state index >= 15 is 0 Å². The first kappa shape index (κ1) is 17.7. The zero-order valence-corrected chi connectivity index (χ0v) is 15.0. The van der Waals surface area contributed by atoms with Gasteiger partial charge in [0, 0.05) is 17.8 Å². The Morgan fingerprint density at radius 2 is 2.00 bits per heavy atom. The number of likely N-dealkylation sites (N-methyl/N-ethyl adjacent to an activating group) is 1. The van der Waals surface area contributed by atoms with E-state index in [0.717, 1.165) is 11.1 Å². The molecule has 3 rings (SSSR count). The minimum Gasteiger partial charge on any atom is -0.310 e. The van der Waals surface area contributed by atoms with Gasteiger partial charge in [0.25, 0.3) is 5.91 Å². The monoisotopic (exact) mass is 368 g/mol. The van der Waals surface area contributed by atoms with Crippen LogP contribution in [0.1, 0.15) is 11.1 Å². The number of hydrogen-bond donors (Lipinski definition) is 2. The number of carbonyl (C=O) groups excluding carboxylic acids is 2. The number of nitrogens with zero attached hydrogens (tertiary/aromatic N) is 2. The SMILES string of the molecule is Cc1ccccc1C=C1C(=O)NC(=NC(=O)Nc2cccc(Cl)c2)N1C. The molecule has 0 saturated carbocycles. The first-order valence-electron chi connectivity index (χ1n) is 7.91. The zero-order chi connectivity index (χ0) is 18.7. The summed E-state index contributed by atoms with van der Waals surface area (Å²) in [5.41, 5.74) is 2.91. The highest BCUT2D eigenvalue weighted by molar-refractivity contribution is 6.30. The van der Waals surface area contributed by atoms with Gasteiger partial charge >= 0.3 is 6.03 Å². The van der Waals surface area contributed by atoms with Gasteiger partial charge in [0.2, 0.25) is 5.96 Å². The molecule has 7 heteroatoms. The number of aliphatic imine (C=N–C) groups is 1. The molecule has 0 atom stereocenters. The molecule has 1 heterocycles. The van der Waals surface area contributed by atoms with Crippen molar-refractivity contribution in [3.8, 4) is 0 Å². The maximum absolute atomic E-state index is 12.2. The number of nitrogens with one attached hydrogen (secondary N) is 2. The maximum atomic E-state index is 12.2. The lowest BCUT2D eigenvalue weighted by atomic mass is 10.1. The van der Waals surface area contributed by atoms with E-state index in [0.29, 0.717) is 16.4 Å². The molecule has 0 aliphatic carbocycles. The van der Waals surface area contributed by atoms with Crippen LogP contribution in [0.2, 0.25) is 5.02 Å². The second-order valence-corrected chi connectivity index (χ2v) is 6.21. The van der Waals surface area contributed by atoms with Crippen LogP contribution in [-0.4, -0.2) is 29.8 Å². The number of amides is 3. The predicted molar refractivity (Wildman–Crippen MR) is 103 cm³/mol. The van der Waals surface area contributed by atoms with Crippen molar-refractivity contribution >= 4 is 41.3 Å². The van der Waals surface area contributed by atoms with Gasteiger partial charge in [0.15, 0.2) is 0 Å². The normalized spacial score (nSPS) is 16.9. The molecule has 3 amide bonds. The van der Waals surface area contributed by atoms with E-state index in [-0.39, 0.29) is 11.9 Å². The number of urea groups is 1. The zero-order valence-electron chi connectivity index (χ0n) is 14.3. The van der Waals surface area contributed by atoms with Crippen LogP contribution in [0.15, 0.2) is 59.2 Å². The number of halogens is 1. The summed E-state index contributed by atoms with van der Waals surface area (Å²) in [6.45, 7) is 1.96. The molecular weight excluding hydrogens is 352 g/mol. The van der Waals surface area contributed by atoms with E-state index in [2.05, 4.69) is 15.6 Å². The number of aryl methyl sites for hydroxylation is 1. The Kier molecular flexibility index (Phi) is 5.04. The molecule has 1 aliphatic heterocycles. The van der Waals surface area contributed by atoms with E-state index in [1.54, 1.807) is 42.3 Å².